The van der Waals surface area contributed by atoms with Crippen LogP contribution in [0.4, 0.5) is 0 Å². The van der Waals surface area contributed by atoms with Gasteiger partial charge in [-0.3, -0.25) is 9.80 Å². The Morgan fingerprint density at radius 1 is 1.43 bits per heavy atom. The number of nitrogens with zero attached hydrogens (tertiary/aromatic N) is 2. The molecule has 2 heterocycles. The lowest BCUT2D eigenvalue weighted by molar-refractivity contribution is 0.0641. The molecule has 1 aromatic heterocycles. The molecule has 1 aromatic rings. The number of hydrogen-bond acceptors (Lipinski definition) is 4. The summed E-state index contributed by atoms with van der Waals surface area (Å²) in [6.45, 7) is 12.1. The first-order valence-corrected chi connectivity index (χ1v) is 8.71. The van der Waals surface area contributed by atoms with Crippen molar-refractivity contribution in [2.24, 2.45) is 0 Å². The van der Waals surface area contributed by atoms with Crippen LogP contribution in [-0.4, -0.2) is 53.7 Å². The Hall–Kier alpha value is -0.680. The van der Waals surface area contributed by atoms with Gasteiger partial charge in [0.15, 0.2) is 0 Å². The van der Waals surface area contributed by atoms with Gasteiger partial charge in [-0.15, -0.1) is 11.3 Å². The summed E-state index contributed by atoms with van der Waals surface area (Å²) >= 11 is 1.86. The monoisotopic (exact) mass is 308 g/mol. The molecule has 0 unspecified atom stereocenters. The maximum absolute atomic E-state index is 9.34. The van der Waals surface area contributed by atoms with Crippen molar-refractivity contribution in [2.75, 3.05) is 32.8 Å². The van der Waals surface area contributed by atoms with Crippen molar-refractivity contribution in [2.45, 2.75) is 39.8 Å². The molecular weight excluding hydrogens is 280 g/mol. The van der Waals surface area contributed by atoms with Crippen LogP contribution in [0.15, 0.2) is 23.1 Å². The highest BCUT2D eigenvalue weighted by atomic mass is 32.1. The second-order valence-electron chi connectivity index (χ2n) is 6.20. The molecule has 1 atom stereocenters. The molecule has 4 heteroatoms. The van der Waals surface area contributed by atoms with E-state index in [1.165, 1.54) is 16.0 Å². The zero-order valence-electron chi connectivity index (χ0n) is 13.5. The molecule has 0 aromatic carbocycles. The second kappa shape index (κ2) is 8.08. The van der Waals surface area contributed by atoms with Crippen molar-refractivity contribution in [1.82, 2.24) is 9.80 Å². The van der Waals surface area contributed by atoms with Crippen LogP contribution in [-0.2, 0) is 6.54 Å². The first kappa shape index (κ1) is 16.7. The first-order valence-electron chi connectivity index (χ1n) is 7.83. The quantitative estimate of drug-likeness (QED) is 0.819. The van der Waals surface area contributed by atoms with Gasteiger partial charge < -0.3 is 5.11 Å². The average Bonchev–Trinajstić information content (AvgIpc) is 2.84. The fourth-order valence-electron chi connectivity index (χ4n) is 2.83. The summed E-state index contributed by atoms with van der Waals surface area (Å²) in [5.74, 6) is 0. The van der Waals surface area contributed by atoms with Gasteiger partial charge in [0.2, 0.25) is 0 Å². The summed E-state index contributed by atoms with van der Waals surface area (Å²) in [5, 5.41) is 11.5. The van der Waals surface area contributed by atoms with Gasteiger partial charge >= 0.3 is 0 Å². The Morgan fingerprint density at radius 3 is 2.86 bits per heavy atom. The molecule has 1 N–H and O–H groups in total. The molecule has 0 spiro atoms. The SMILES string of the molecule is CC(C)=CCN1CCN(Cc2sccc2C)C[C@H]1CCO. The van der Waals surface area contributed by atoms with E-state index in [1.54, 1.807) is 0 Å². The highest BCUT2D eigenvalue weighted by Crippen LogP contribution is 2.21. The van der Waals surface area contributed by atoms with Crippen LogP contribution in [0.25, 0.3) is 0 Å². The van der Waals surface area contributed by atoms with Gasteiger partial charge in [0, 0.05) is 50.2 Å². The lowest BCUT2D eigenvalue weighted by Crippen LogP contribution is -2.53. The Labute approximate surface area is 132 Å². The molecular formula is C17H28N2OS. The number of aryl methyl sites for hydroxylation is 1. The molecule has 2 rings (SSSR count). The van der Waals surface area contributed by atoms with E-state index in [2.05, 4.69) is 48.1 Å². The molecule has 3 nitrogen and oxygen atoms in total. The number of thiophene rings is 1. The fraction of sp³-hybridized carbons (Fsp3) is 0.647. The summed E-state index contributed by atoms with van der Waals surface area (Å²) in [6, 6.07) is 2.68. The molecule has 0 aliphatic carbocycles. The minimum absolute atomic E-state index is 0.280. The first-order chi connectivity index (χ1) is 10.1. The van der Waals surface area contributed by atoms with E-state index < -0.39 is 0 Å². The van der Waals surface area contributed by atoms with Gasteiger partial charge in [-0.2, -0.15) is 0 Å². The van der Waals surface area contributed by atoms with Crippen LogP contribution in [0.3, 0.4) is 0 Å². The molecule has 1 aliphatic heterocycles. The zero-order valence-corrected chi connectivity index (χ0v) is 14.3. The van der Waals surface area contributed by atoms with Crippen LogP contribution in [0.5, 0.6) is 0 Å². The van der Waals surface area contributed by atoms with Crippen molar-refractivity contribution in [3.8, 4) is 0 Å². The number of piperazine rings is 1. The third-order valence-electron chi connectivity index (χ3n) is 4.22. The lowest BCUT2D eigenvalue weighted by Gasteiger charge is -2.41. The predicted molar refractivity (Wildman–Crippen MR) is 90.8 cm³/mol. The normalized spacial score (nSPS) is 20.7. The Kier molecular flexibility index (Phi) is 6.42. The van der Waals surface area contributed by atoms with Gasteiger partial charge in [-0.25, -0.2) is 0 Å². The Morgan fingerprint density at radius 2 is 2.24 bits per heavy atom. The smallest absolute Gasteiger partial charge is 0.0446 e. The zero-order chi connectivity index (χ0) is 15.2. The van der Waals surface area contributed by atoms with E-state index in [4.69, 9.17) is 0 Å². The van der Waals surface area contributed by atoms with Gasteiger partial charge in [0.25, 0.3) is 0 Å². The molecule has 0 saturated carbocycles. The van der Waals surface area contributed by atoms with Crippen LogP contribution < -0.4 is 0 Å². The highest BCUT2D eigenvalue weighted by molar-refractivity contribution is 7.10. The van der Waals surface area contributed by atoms with Crippen LogP contribution in [0.2, 0.25) is 0 Å². The van der Waals surface area contributed by atoms with E-state index in [0.29, 0.717) is 6.04 Å². The maximum atomic E-state index is 9.34. The van der Waals surface area contributed by atoms with Crippen LogP contribution >= 0.6 is 11.3 Å². The van der Waals surface area contributed by atoms with Gasteiger partial charge in [0.1, 0.15) is 0 Å². The lowest BCUT2D eigenvalue weighted by atomic mass is 10.1. The fourth-order valence-corrected chi connectivity index (χ4v) is 3.78. The molecule has 1 saturated heterocycles. The molecule has 0 amide bonds. The van der Waals surface area contributed by atoms with Crippen molar-refractivity contribution >= 4 is 11.3 Å². The standard InChI is InChI=1S/C17H28N2OS/c1-14(2)4-7-19-9-8-18(12-16(19)5-10-20)13-17-15(3)6-11-21-17/h4,6,11,16,20H,5,7-10,12-13H2,1-3H3/t16-/m1/s1. The van der Waals surface area contributed by atoms with E-state index in [1.807, 2.05) is 11.3 Å². The third-order valence-corrected chi connectivity index (χ3v) is 5.23. The maximum Gasteiger partial charge on any atom is 0.0446 e. The van der Waals surface area contributed by atoms with Crippen LogP contribution in [0, 0.1) is 6.92 Å². The summed E-state index contributed by atoms with van der Waals surface area (Å²) in [7, 11) is 0. The van der Waals surface area contributed by atoms with E-state index in [0.717, 1.165) is 39.1 Å². The molecule has 0 radical (unpaired) electrons. The van der Waals surface area contributed by atoms with E-state index >= 15 is 0 Å². The van der Waals surface area contributed by atoms with Crippen molar-refractivity contribution in [3.05, 3.63) is 33.5 Å². The Bertz CT molecular complexity index is 465. The molecule has 118 valence electrons. The largest absolute Gasteiger partial charge is 0.396 e. The van der Waals surface area contributed by atoms with Crippen molar-refractivity contribution in [1.29, 1.82) is 0 Å². The predicted octanol–water partition coefficient (Wildman–Crippen LogP) is 2.89. The third kappa shape index (κ3) is 4.92. The number of aliphatic hydroxyl groups is 1. The van der Waals surface area contributed by atoms with Crippen molar-refractivity contribution < 1.29 is 5.11 Å². The van der Waals surface area contributed by atoms with Crippen molar-refractivity contribution in [3.63, 3.8) is 0 Å². The Balaban J connectivity index is 1.94. The summed E-state index contributed by atoms with van der Waals surface area (Å²) < 4.78 is 0. The minimum Gasteiger partial charge on any atom is -0.396 e. The van der Waals surface area contributed by atoms with E-state index in [-0.39, 0.29) is 6.61 Å². The van der Waals surface area contributed by atoms with E-state index in [9.17, 15) is 5.11 Å². The van der Waals surface area contributed by atoms with Crippen LogP contribution in [0.1, 0.15) is 30.7 Å². The number of rotatable bonds is 6. The number of aliphatic hydroxyl groups excluding tert-OH is 1. The summed E-state index contributed by atoms with van der Waals surface area (Å²) in [6.07, 6.45) is 3.17. The average molecular weight is 308 g/mol. The minimum atomic E-state index is 0.280. The van der Waals surface area contributed by atoms with Gasteiger partial charge in [0.05, 0.1) is 0 Å². The molecule has 1 aliphatic rings. The number of allylic oxidation sites excluding steroid dienone is 1. The second-order valence-corrected chi connectivity index (χ2v) is 7.21. The van der Waals surface area contributed by atoms with Gasteiger partial charge in [-0.05, 0) is 44.2 Å². The van der Waals surface area contributed by atoms with Gasteiger partial charge in [-0.1, -0.05) is 11.6 Å². The topological polar surface area (TPSA) is 26.7 Å². The molecule has 0 bridgehead atoms. The molecule has 21 heavy (non-hydrogen) atoms. The summed E-state index contributed by atoms with van der Waals surface area (Å²) in [5.41, 5.74) is 2.78. The highest BCUT2D eigenvalue weighted by Gasteiger charge is 2.26. The molecule has 1 fully saturated rings. The summed E-state index contributed by atoms with van der Waals surface area (Å²) in [4.78, 5) is 6.54. The number of hydrogen-bond donors (Lipinski definition) is 1.